The molecule has 3 heterocycles. The number of carbonyl (C=O) groups excluding carboxylic acids is 2. The maximum Gasteiger partial charge on any atom is 0.322 e. The van der Waals surface area contributed by atoms with E-state index in [1.54, 1.807) is 4.90 Å². The van der Waals surface area contributed by atoms with Crippen molar-refractivity contribution in [2.24, 2.45) is 0 Å². The number of rotatable bonds is 3. The zero-order chi connectivity index (χ0) is 18.7. The van der Waals surface area contributed by atoms with Crippen LogP contribution in [0.5, 0.6) is 0 Å². The first-order chi connectivity index (χ1) is 12.5. The fourth-order valence-electron chi connectivity index (χ4n) is 3.69. The number of hydrogen-bond acceptors (Lipinski definition) is 4. The summed E-state index contributed by atoms with van der Waals surface area (Å²) in [7, 11) is 0. The lowest BCUT2D eigenvalue weighted by molar-refractivity contribution is -0.140. The Kier molecular flexibility index (Phi) is 5.80. The second-order valence-corrected chi connectivity index (χ2v) is 6.96. The number of anilines is 1. The summed E-state index contributed by atoms with van der Waals surface area (Å²) in [6.07, 6.45) is 2.24. The fraction of sp³-hybridized carbons (Fsp3) is 0.722. The van der Waals surface area contributed by atoms with Crippen LogP contribution in [0.4, 0.5) is 10.5 Å². The number of aryl methyl sites for hydroxylation is 2. The molecule has 0 unspecified atom stereocenters. The largest absolute Gasteiger partial charge is 0.368 e. The molecule has 1 aromatic rings. The van der Waals surface area contributed by atoms with Crippen LogP contribution in [0.25, 0.3) is 0 Å². The zero-order valence-electron chi connectivity index (χ0n) is 16.0. The molecule has 8 nitrogen and oxygen atoms in total. The number of nitrogens with zero attached hydrogens (tertiary/aromatic N) is 4. The highest BCUT2D eigenvalue weighted by molar-refractivity contribution is 5.90. The van der Waals surface area contributed by atoms with Gasteiger partial charge in [0.05, 0.1) is 17.1 Å². The lowest BCUT2D eigenvalue weighted by Gasteiger charge is -2.24. The van der Waals surface area contributed by atoms with Crippen LogP contribution >= 0.6 is 0 Å². The Balaban J connectivity index is 1.59. The lowest BCUT2D eigenvalue weighted by atomic mass is 10.2. The smallest absolute Gasteiger partial charge is 0.322 e. The van der Waals surface area contributed by atoms with Gasteiger partial charge < -0.3 is 19.9 Å². The molecule has 8 heteroatoms. The third-order valence-corrected chi connectivity index (χ3v) is 5.21. The van der Waals surface area contributed by atoms with Crippen molar-refractivity contribution < 1.29 is 14.3 Å². The second kappa shape index (κ2) is 8.07. The molecular formula is C18H29N5O3. The molecule has 1 atom stereocenters. The third kappa shape index (κ3) is 3.85. The number of carbonyl (C=O) groups is 2. The molecule has 0 spiro atoms. The molecule has 0 radical (unpaired) electrons. The molecule has 0 saturated carbocycles. The molecule has 26 heavy (non-hydrogen) atoms. The van der Waals surface area contributed by atoms with Gasteiger partial charge in [-0.2, -0.15) is 5.10 Å². The van der Waals surface area contributed by atoms with Gasteiger partial charge >= 0.3 is 6.03 Å². The maximum atomic E-state index is 12.7. The fourth-order valence-corrected chi connectivity index (χ4v) is 3.69. The normalized spacial score (nSPS) is 21.0. The summed E-state index contributed by atoms with van der Waals surface area (Å²) in [5, 5.41) is 7.45. The van der Waals surface area contributed by atoms with E-state index in [9.17, 15) is 9.59 Å². The maximum absolute atomic E-state index is 12.7. The Hall–Kier alpha value is -2.09. The SMILES string of the molecule is CCn1nc(C)c(NC(=O)N2CCCN(C(=O)[C@@H]3CCCO3)CC2)c1C. The highest BCUT2D eigenvalue weighted by Gasteiger charge is 2.30. The van der Waals surface area contributed by atoms with Gasteiger partial charge in [0.15, 0.2) is 0 Å². The van der Waals surface area contributed by atoms with Crippen LogP contribution in [-0.4, -0.2) is 70.4 Å². The minimum atomic E-state index is -0.291. The van der Waals surface area contributed by atoms with E-state index >= 15 is 0 Å². The van der Waals surface area contributed by atoms with Crippen molar-refractivity contribution in [1.82, 2.24) is 19.6 Å². The summed E-state index contributed by atoms with van der Waals surface area (Å²) in [5.41, 5.74) is 2.57. The molecular weight excluding hydrogens is 334 g/mol. The predicted molar refractivity (Wildman–Crippen MR) is 98.1 cm³/mol. The van der Waals surface area contributed by atoms with Crippen molar-refractivity contribution in [1.29, 1.82) is 0 Å². The van der Waals surface area contributed by atoms with E-state index in [-0.39, 0.29) is 18.0 Å². The standard InChI is InChI=1S/C18H29N5O3/c1-4-23-14(3)16(13(2)20-23)19-18(25)22-9-6-8-21(10-11-22)17(24)15-7-5-12-26-15/h15H,4-12H2,1-3H3,(H,19,25)/t15-/m0/s1. The van der Waals surface area contributed by atoms with E-state index < -0.39 is 0 Å². The molecule has 1 N–H and O–H groups in total. The number of hydrogen-bond donors (Lipinski definition) is 1. The average molecular weight is 363 g/mol. The minimum Gasteiger partial charge on any atom is -0.368 e. The monoisotopic (exact) mass is 363 g/mol. The first-order valence-corrected chi connectivity index (χ1v) is 9.51. The predicted octanol–water partition coefficient (Wildman–Crippen LogP) is 1.77. The Morgan fingerprint density at radius 2 is 1.88 bits per heavy atom. The Labute approximate surface area is 154 Å². The van der Waals surface area contributed by atoms with Gasteiger partial charge in [0.25, 0.3) is 5.91 Å². The van der Waals surface area contributed by atoms with Gasteiger partial charge in [0.1, 0.15) is 6.10 Å². The average Bonchev–Trinajstić information content (AvgIpc) is 3.17. The molecule has 2 saturated heterocycles. The summed E-state index contributed by atoms with van der Waals surface area (Å²) in [4.78, 5) is 28.8. The van der Waals surface area contributed by atoms with Gasteiger partial charge in [-0.05, 0) is 40.0 Å². The summed E-state index contributed by atoms with van der Waals surface area (Å²) < 4.78 is 7.39. The first kappa shape index (κ1) is 18.7. The van der Waals surface area contributed by atoms with Gasteiger partial charge in [-0.1, -0.05) is 0 Å². The van der Waals surface area contributed by atoms with Crippen molar-refractivity contribution in [3.8, 4) is 0 Å². The molecule has 2 fully saturated rings. The Morgan fingerprint density at radius 3 is 2.54 bits per heavy atom. The van der Waals surface area contributed by atoms with Crippen LogP contribution in [0.3, 0.4) is 0 Å². The van der Waals surface area contributed by atoms with Crippen molar-refractivity contribution in [3.63, 3.8) is 0 Å². The van der Waals surface area contributed by atoms with Crippen molar-refractivity contribution in [3.05, 3.63) is 11.4 Å². The quantitative estimate of drug-likeness (QED) is 0.887. The second-order valence-electron chi connectivity index (χ2n) is 6.96. The number of amides is 3. The molecule has 144 valence electrons. The number of ether oxygens (including phenoxy) is 1. The number of urea groups is 1. The van der Waals surface area contributed by atoms with Crippen LogP contribution in [0.15, 0.2) is 0 Å². The first-order valence-electron chi connectivity index (χ1n) is 9.51. The summed E-state index contributed by atoms with van der Waals surface area (Å²) >= 11 is 0. The van der Waals surface area contributed by atoms with Gasteiger partial charge in [0, 0.05) is 39.3 Å². The van der Waals surface area contributed by atoms with Crippen molar-refractivity contribution >= 4 is 17.6 Å². The highest BCUT2D eigenvalue weighted by atomic mass is 16.5. The Morgan fingerprint density at radius 1 is 1.15 bits per heavy atom. The minimum absolute atomic E-state index is 0.0701. The van der Waals surface area contributed by atoms with Crippen molar-refractivity contribution in [2.45, 2.75) is 52.7 Å². The highest BCUT2D eigenvalue weighted by Crippen LogP contribution is 2.20. The zero-order valence-corrected chi connectivity index (χ0v) is 16.0. The van der Waals surface area contributed by atoms with Gasteiger partial charge in [0.2, 0.25) is 0 Å². The topological polar surface area (TPSA) is 79.7 Å². The summed E-state index contributed by atoms with van der Waals surface area (Å²) in [6, 6.07) is -0.127. The molecule has 2 aliphatic heterocycles. The van der Waals surface area contributed by atoms with E-state index in [0.717, 1.165) is 42.9 Å². The summed E-state index contributed by atoms with van der Waals surface area (Å²) in [5.74, 6) is 0.0701. The lowest BCUT2D eigenvalue weighted by Crippen LogP contribution is -2.42. The van der Waals surface area contributed by atoms with Gasteiger partial charge in [-0.25, -0.2) is 4.79 Å². The molecule has 0 aromatic carbocycles. The molecule has 1 aromatic heterocycles. The van der Waals surface area contributed by atoms with E-state index in [0.29, 0.717) is 32.8 Å². The molecule has 0 aliphatic carbocycles. The molecule has 3 amide bonds. The van der Waals surface area contributed by atoms with Crippen LogP contribution in [0.1, 0.15) is 37.6 Å². The Bertz CT molecular complexity index is 666. The number of aromatic nitrogens is 2. The molecule has 3 rings (SSSR count). The summed E-state index contributed by atoms with van der Waals surface area (Å²) in [6.45, 7) is 9.73. The van der Waals surface area contributed by atoms with Gasteiger partial charge in [-0.3, -0.25) is 9.48 Å². The van der Waals surface area contributed by atoms with E-state index in [2.05, 4.69) is 10.4 Å². The van der Waals surface area contributed by atoms with Gasteiger partial charge in [-0.15, -0.1) is 0 Å². The molecule has 2 aliphatic rings. The third-order valence-electron chi connectivity index (χ3n) is 5.21. The number of nitrogens with one attached hydrogen (secondary N) is 1. The van der Waals surface area contributed by atoms with E-state index in [4.69, 9.17) is 4.74 Å². The van der Waals surface area contributed by atoms with E-state index in [1.165, 1.54) is 0 Å². The van der Waals surface area contributed by atoms with Crippen LogP contribution in [-0.2, 0) is 16.1 Å². The van der Waals surface area contributed by atoms with Crippen LogP contribution in [0.2, 0.25) is 0 Å². The van der Waals surface area contributed by atoms with Crippen molar-refractivity contribution in [2.75, 3.05) is 38.1 Å². The van der Waals surface area contributed by atoms with E-state index in [1.807, 2.05) is 30.4 Å². The van der Waals surface area contributed by atoms with Crippen LogP contribution < -0.4 is 5.32 Å². The van der Waals surface area contributed by atoms with Crippen LogP contribution in [0, 0.1) is 13.8 Å². The molecule has 0 bridgehead atoms.